The number of hydrogen-bond donors (Lipinski definition) is 4. The normalized spacial score (nSPS) is 11.3. The third-order valence-electron chi connectivity index (χ3n) is 1.80. The van der Waals surface area contributed by atoms with E-state index in [-0.39, 0.29) is 24.3 Å². The van der Waals surface area contributed by atoms with Crippen LogP contribution in [0.1, 0.15) is 12.5 Å². The van der Waals surface area contributed by atoms with Gasteiger partial charge in [-0.2, -0.15) is 0 Å². The molecule has 0 aliphatic rings. The van der Waals surface area contributed by atoms with Gasteiger partial charge in [0.1, 0.15) is 5.84 Å². The molecular formula is C10H16ClN3O. The van der Waals surface area contributed by atoms with Gasteiger partial charge in [0.05, 0.1) is 6.10 Å². The number of rotatable bonds is 4. The molecule has 0 saturated carbocycles. The molecule has 1 unspecified atom stereocenters. The second kappa shape index (κ2) is 6.27. The maximum absolute atomic E-state index is 9.04. The Bertz CT molecular complexity index is 311. The third kappa shape index (κ3) is 4.67. The number of aliphatic hydroxyl groups is 1. The van der Waals surface area contributed by atoms with Crippen molar-refractivity contribution in [2.45, 2.75) is 13.0 Å². The summed E-state index contributed by atoms with van der Waals surface area (Å²) in [7, 11) is 0. The van der Waals surface area contributed by atoms with E-state index < -0.39 is 0 Å². The molecule has 0 bridgehead atoms. The molecule has 1 aromatic carbocycles. The van der Waals surface area contributed by atoms with Gasteiger partial charge in [-0.25, -0.2) is 0 Å². The number of nitrogen functional groups attached to an aromatic ring is 1. The van der Waals surface area contributed by atoms with Crippen LogP contribution in [0, 0.1) is 5.41 Å². The first kappa shape index (κ1) is 13.7. The van der Waals surface area contributed by atoms with Gasteiger partial charge in [0.2, 0.25) is 0 Å². The zero-order chi connectivity index (χ0) is 10.6. The van der Waals surface area contributed by atoms with Crippen LogP contribution in [0.25, 0.3) is 0 Å². The molecule has 1 rings (SSSR count). The van der Waals surface area contributed by atoms with Crippen LogP contribution in [0.5, 0.6) is 0 Å². The summed E-state index contributed by atoms with van der Waals surface area (Å²) < 4.78 is 0. The summed E-state index contributed by atoms with van der Waals surface area (Å²) in [6.45, 7) is 2.23. The molecule has 1 aromatic rings. The minimum Gasteiger partial charge on any atom is -0.392 e. The topological polar surface area (TPSA) is 82.1 Å². The summed E-state index contributed by atoms with van der Waals surface area (Å²) in [5.41, 5.74) is 6.92. The van der Waals surface area contributed by atoms with Crippen LogP contribution in [0.2, 0.25) is 0 Å². The molecule has 0 amide bonds. The fourth-order valence-electron chi connectivity index (χ4n) is 1.03. The van der Waals surface area contributed by atoms with E-state index in [1.807, 2.05) is 12.1 Å². The Morgan fingerprint density at radius 2 is 2.00 bits per heavy atom. The number of benzene rings is 1. The average Bonchev–Trinajstić information content (AvgIpc) is 2.15. The fourth-order valence-corrected chi connectivity index (χ4v) is 1.03. The van der Waals surface area contributed by atoms with Gasteiger partial charge in [-0.15, -0.1) is 12.4 Å². The number of anilines is 1. The summed E-state index contributed by atoms with van der Waals surface area (Å²) in [4.78, 5) is 0. The molecule has 0 aromatic heterocycles. The monoisotopic (exact) mass is 229 g/mol. The molecular weight excluding hydrogens is 214 g/mol. The van der Waals surface area contributed by atoms with Crippen molar-refractivity contribution in [1.29, 1.82) is 5.41 Å². The van der Waals surface area contributed by atoms with E-state index in [0.717, 1.165) is 5.69 Å². The number of aliphatic hydroxyl groups excluding tert-OH is 1. The van der Waals surface area contributed by atoms with Crippen LogP contribution in [0.15, 0.2) is 24.3 Å². The molecule has 0 radical (unpaired) electrons. The zero-order valence-corrected chi connectivity index (χ0v) is 9.34. The number of amidine groups is 1. The van der Waals surface area contributed by atoms with Gasteiger partial charge in [0.15, 0.2) is 0 Å². The van der Waals surface area contributed by atoms with Crippen molar-refractivity contribution in [1.82, 2.24) is 0 Å². The SMILES string of the molecule is CC(O)CNc1ccc(C(=N)N)cc1.Cl. The van der Waals surface area contributed by atoms with Gasteiger partial charge in [-0.3, -0.25) is 5.41 Å². The first-order valence-corrected chi connectivity index (χ1v) is 4.46. The molecule has 1 atom stereocenters. The molecule has 0 heterocycles. The van der Waals surface area contributed by atoms with Gasteiger partial charge in [0, 0.05) is 17.8 Å². The zero-order valence-electron chi connectivity index (χ0n) is 8.53. The number of nitrogens with two attached hydrogens (primary N) is 1. The largest absolute Gasteiger partial charge is 0.392 e. The van der Waals surface area contributed by atoms with E-state index in [0.29, 0.717) is 12.1 Å². The Morgan fingerprint density at radius 1 is 1.47 bits per heavy atom. The van der Waals surface area contributed by atoms with Gasteiger partial charge < -0.3 is 16.2 Å². The minimum atomic E-state index is -0.373. The summed E-state index contributed by atoms with van der Waals surface area (Å²) >= 11 is 0. The standard InChI is InChI=1S/C10H15N3O.ClH/c1-7(14)6-13-9-4-2-8(3-5-9)10(11)12;/h2-5,7,13-14H,6H2,1H3,(H3,11,12);1H. The van der Waals surface area contributed by atoms with Crippen molar-refractivity contribution in [3.63, 3.8) is 0 Å². The van der Waals surface area contributed by atoms with E-state index in [2.05, 4.69) is 5.32 Å². The van der Waals surface area contributed by atoms with E-state index in [1.165, 1.54) is 0 Å². The second-order valence-electron chi connectivity index (χ2n) is 3.22. The summed E-state index contributed by atoms with van der Waals surface area (Å²) in [6, 6.07) is 7.21. The molecule has 5 N–H and O–H groups in total. The van der Waals surface area contributed by atoms with Crippen LogP contribution in [0.4, 0.5) is 5.69 Å². The van der Waals surface area contributed by atoms with Crippen molar-refractivity contribution in [3.05, 3.63) is 29.8 Å². The quantitative estimate of drug-likeness (QED) is 0.462. The molecule has 5 heteroatoms. The van der Waals surface area contributed by atoms with E-state index in [1.54, 1.807) is 19.1 Å². The predicted octanol–water partition coefficient (Wildman–Crippen LogP) is 1.19. The van der Waals surface area contributed by atoms with Crippen molar-refractivity contribution in [3.8, 4) is 0 Å². The maximum atomic E-state index is 9.04. The van der Waals surface area contributed by atoms with Crippen molar-refractivity contribution < 1.29 is 5.11 Å². The molecule has 0 aliphatic heterocycles. The van der Waals surface area contributed by atoms with Crippen molar-refractivity contribution in [2.75, 3.05) is 11.9 Å². The summed E-state index contributed by atoms with van der Waals surface area (Å²) in [5, 5.41) is 19.3. The van der Waals surface area contributed by atoms with E-state index in [4.69, 9.17) is 16.2 Å². The van der Waals surface area contributed by atoms with Crippen molar-refractivity contribution in [2.24, 2.45) is 5.73 Å². The van der Waals surface area contributed by atoms with Gasteiger partial charge in [-0.05, 0) is 31.2 Å². The number of hydrogen-bond acceptors (Lipinski definition) is 3. The Kier molecular flexibility index (Phi) is 5.74. The van der Waals surface area contributed by atoms with Crippen molar-refractivity contribution >= 4 is 23.9 Å². The summed E-state index contributed by atoms with van der Waals surface area (Å²) in [6.07, 6.45) is -0.373. The highest BCUT2D eigenvalue weighted by Gasteiger charge is 1.98. The highest BCUT2D eigenvalue weighted by molar-refractivity contribution is 5.95. The molecule has 15 heavy (non-hydrogen) atoms. The molecule has 4 nitrogen and oxygen atoms in total. The molecule has 84 valence electrons. The second-order valence-corrected chi connectivity index (χ2v) is 3.22. The van der Waals surface area contributed by atoms with Gasteiger partial charge in [-0.1, -0.05) is 0 Å². The molecule has 0 aliphatic carbocycles. The Labute approximate surface area is 95.4 Å². The lowest BCUT2D eigenvalue weighted by Crippen LogP contribution is -2.15. The van der Waals surface area contributed by atoms with E-state index in [9.17, 15) is 0 Å². The number of halogens is 1. The lowest BCUT2D eigenvalue weighted by molar-refractivity contribution is 0.208. The van der Waals surface area contributed by atoms with Crippen LogP contribution in [-0.4, -0.2) is 23.6 Å². The van der Waals surface area contributed by atoms with Crippen LogP contribution < -0.4 is 11.1 Å². The van der Waals surface area contributed by atoms with Crippen LogP contribution in [-0.2, 0) is 0 Å². The third-order valence-corrected chi connectivity index (χ3v) is 1.80. The highest BCUT2D eigenvalue weighted by Crippen LogP contribution is 2.08. The molecule has 0 fully saturated rings. The predicted molar refractivity (Wildman–Crippen MR) is 64.9 cm³/mol. The smallest absolute Gasteiger partial charge is 0.122 e. The Balaban J connectivity index is 0.00000196. The highest BCUT2D eigenvalue weighted by atomic mass is 35.5. The maximum Gasteiger partial charge on any atom is 0.122 e. The van der Waals surface area contributed by atoms with Crippen LogP contribution in [0.3, 0.4) is 0 Å². The lowest BCUT2D eigenvalue weighted by atomic mass is 10.2. The fraction of sp³-hybridized carbons (Fsp3) is 0.300. The Morgan fingerprint density at radius 3 is 2.40 bits per heavy atom. The molecule has 0 spiro atoms. The first-order chi connectivity index (χ1) is 6.59. The van der Waals surface area contributed by atoms with Gasteiger partial charge in [0.25, 0.3) is 0 Å². The lowest BCUT2D eigenvalue weighted by Gasteiger charge is -2.08. The van der Waals surface area contributed by atoms with Gasteiger partial charge >= 0.3 is 0 Å². The molecule has 0 saturated heterocycles. The average molecular weight is 230 g/mol. The first-order valence-electron chi connectivity index (χ1n) is 4.46. The minimum absolute atomic E-state index is 0. The van der Waals surface area contributed by atoms with E-state index >= 15 is 0 Å². The summed E-state index contributed by atoms with van der Waals surface area (Å²) in [5.74, 6) is 0.0621. The number of nitrogens with one attached hydrogen (secondary N) is 2. The van der Waals surface area contributed by atoms with Crippen LogP contribution >= 0.6 is 12.4 Å². The Hall–Kier alpha value is -1.26.